The van der Waals surface area contributed by atoms with Gasteiger partial charge in [-0.25, -0.2) is 9.97 Å². The highest BCUT2D eigenvalue weighted by atomic mass is 35.5. The molecule has 1 saturated heterocycles. The summed E-state index contributed by atoms with van der Waals surface area (Å²) in [4.78, 5) is 23.1. The highest BCUT2D eigenvalue weighted by Crippen LogP contribution is 2.21. The number of anilines is 2. The topological polar surface area (TPSA) is 58.1 Å². The third kappa shape index (κ3) is 3.20. The lowest BCUT2D eigenvalue weighted by atomic mass is 10.2. The van der Waals surface area contributed by atoms with Crippen molar-refractivity contribution in [2.45, 2.75) is 19.8 Å². The molecule has 1 aliphatic heterocycles. The predicted molar refractivity (Wildman–Crippen MR) is 87.6 cm³/mol. The quantitative estimate of drug-likeness (QED) is 0.944. The molecule has 1 N–H and O–H groups in total. The maximum atomic E-state index is 12.4. The average Bonchev–Trinajstić information content (AvgIpc) is 3.05. The van der Waals surface area contributed by atoms with Gasteiger partial charge in [0.05, 0.1) is 0 Å². The van der Waals surface area contributed by atoms with Gasteiger partial charge in [0.15, 0.2) is 0 Å². The first-order valence-electron chi connectivity index (χ1n) is 7.29. The molecule has 0 radical (unpaired) electrons. The highest BCUT2D eigenvalue weighted by molar-refractivity contribution is 6.31. The number of carbonyl (C=O) groups is 1. The lowest BCUT2D eigenvalue weighted by molar-refractivity contribution is 0.102. The van der Waals surface area contributed by atoms with E-state index in [4.69, 9.17) is 11.6 Å². The van der Waals surface area contributed by atoms with Crippen LogP contribution in [0.3, 0.4) is 0 Å². The first-order valence-corrected chi connectivity index (χ1v) is 7.67. The van der Waals surface area contributed by atoms with Crippen molar-refractivity contribution in [1.82, 2.24) is 9.97 Å². The number of halogens is 1. The number of aryl methyl sites for hydroxylation is 1. The van der Waals surface area contributed by atoms with Gasteiger partial charge >= 0.3 is 0 Å². The molecule has 0 unspecified atom stereocenters. The summed E-state index contributed by atoms with van der Waals surface area (Å²) in [6, 6.07) is 7.02. The Hall–Kier alpha value is -2.14. The third-order valence-electron chi connectivity index (χ3n) is 3.71. The Bertz CT molecular complexity index is 698. The number of nitrogens with zero attached hydrogens (tertiary/aromatic N) is 3. The maximum absolute atomic E-state index is 12.4. The normalized spacial score (nSPS) is 14.2. The molecular formula is C16H17ClN4O. The predicted octanol–water partition coefficient (Wildman–Crippen LogP) is 3.29. The van der Waals surface area contributed by atoms with E-state index in [2.05, 4.69) is 20.2 Å². The summed E-state index contributed by atoms with van der Waals surface area (Å²) in [6.07, 6.45) is 3.91. The Balaban J connectivity index is 1.80. The monoisotopic (exact) mass is 316 g/mol. The smallest absolute Gasteiger partial charge is 0.274 e. The standard InChI is InChI=1S/C16H17ClN4O/c1-11-4-5-12(17)10-14(11)19-15(22)13-6-7-18-16(20-13)21-8-2-3-9-21/h4-7,10H,2-3,8-9H2,1H3,(H,19,22). The second-order valence-electron chi connectivity index (χ2n) is 5.35. The molecule has 2 heterocycles. The Labute approximate surface area is 134 Å². The SMILES string of the molecule is Cc1ccc(Cl)cc1NC(=O)c1ccnc(N2CCCC2)n1. The van der Waals surface area contributed by atoms with Crippen LogP contribution in [0.25, 0.3) is 0 Å². The number of rotatable bonds is 3. The van der Waals surface area contributed by atoms with Crippen LogP contribution in [0.4, 0.5) is 11.6 Å². The zero-order valence-corrected chi connectivity index (χ0v) is 13.1. The van der Waals surface area contributed by atoms with Gasteiger partial charge in [-0.3, -0.25) is 4.79 Å². The van der Waals surface area contributed by atoms with Crippen LogP contribution in [-0.4, -0.2) is 29.0 Å². The van der Waals surface area contributed by atoms with E-state index < -0.39 is 0 Å². The lowest BCUT2D eigenvalue weighted by Gasteiger charge is -2.15. The molecule has 1 aromatic carbocycles. The highest BCUT2D eigenvalue weighted by Gasteiger charge is 2.17. The first-order chi connectivity index (χ1) is 10.6. The van der Waals surface area contributed by atoms with Gasteiger partial charge in [0.1, 0.15) is 5.69 Å². The van der Waals surface area contributed by atoms with Gasteiger partial charge in [-0.1, -0.05) is 17.7 Å². The van der Waals surface area contributed by atoms with Gasteiger partial charge < -0.3 is 10.2 Å². The first kappa shape index (κ1) is 14.8. The van der Waals surface area contributed by atoms with E-state index in [-0.39, 0.29) is 5.91 Å². The molecule has 0 atom stereocenters. The summed E-state index contributed by atoms with van der Waals surface area (Å²) in [5.41, 5.74) is 2.00. The fourth-order valence-electron chi connectivity index (χ4n) is 2.46. The molecule has 0 aliphatic carbocycles. The minimum absolute atomic E-state index is 0.256. The van der Waals surface area contributed by atoms with Gasteiger partial charge in [0, 0.05) is 30.0 Å². The van der Waals surface area contributed by atoms with Crippen LogP contribution in [0.1, 0.15) is 28.9 Å². The van der Waals surface area contributed by atoms with E-state index in [1.165, 1.54) is 0 Å². The average molecular weight is 317 g/mol. The molecule has 1 amide bonds. The summed E-state index contributed by atoms with van der Waals surface area (Å²) in [5, 5.41) is 3.44. The van der Waals surface area contributed by atoms with Crippen molar-refractivity contribution < 1.29 is 4.79 Å². The number of hydrogen-bond donors (Lipinski definition) is 1. The third-order valence-corrected chi connectivity index (χ3v) is 3.95. The fourth-order valence-corrected chi connectivity index (χ4v) is 2.63. The van der Waals surface area contributed by atoms with Crippen LogP contribution in [0.15, 0.2) is 30.5 Å². The van der Waals surface area contributed by atoms with E-state index in [9.17, 15) is 4.79 Å². The molecule has 0 bridgehead atoms. The summed E-state index contributed by atoms with van der Waals surface area (Å²) < 4.78 is 0. The van der Waals surface area contributed by atoms with Crippen LogP contribution in [0, 0.1) is 6.92 Å². The molecule has 5 nitrogen and oxygen atoms in total. The van der Waals surface area contributed by atoms with E-state index >= 15 is 0 Å². The number of hydrogen-bond acceptors (Lipinski definition) is 4. The fraction of sp³-hybridized carbons (Fsp3) is 0.312. The Morgan fingerprint density at radius 3 is 2.82 bits per heavy atom. The number of benzene rings is 1. The van der Waals surface area contributed by atoms with Crippen LogP contribution < -0.4 is 10.2 Å². The Morgan fingerprint density at radius 1 is 1.27 bits per heavy atom. The van der Waals surface area contributed by atoms with Gasteiger partial charge in [0.2, 0.25) is 5.95 Å². The molecular weight excluding hydrogens is 300 g/mol. The second-order valence-corrected chi connectivity index (χ2v) is 5.79. The summed E-state index contributed by atoms with van der Waals surface area (Å²) in [7, 11) is 0. The van der Waals surface area contributed by atoms with E-state index in [0.29, 0.717) is 22.4 Å². The van der Waals surface area contributed by atoms with Crippen molar-refractivity contribution in [2.75, 3.05) is 23.3 Å². The van der Waals surface area contributed by atoms with Crippen molar-refractivity contribution in [3.63, 3.8) is 0 Å². The lowest BCUT2D eigenvalue weighted by Crippen LogP contribution is -2.22. The van der Waals surface area contributed by atoms with E-state index in [0.717, 1.165) is 31.5 Å². The molecule has 0 saturated carbocycles. The molecule has 22 heavy (non-hydrogen) atoms. The number of nitrogens with one attached hydrogen (secondary N) is 1. The second kappa shape index (κ2) is 6.32. The van der Waals surface area contributed by atoms with Crippen molar-refractivity contribution in [1.29, 1.82) is 0 Å². The van der Waals surface area contributed by atoms with Crippen LogP contribution in [0.2, 0.25) is 5.02 Å². The molecule has 3 rings (SSSR count). The molecule has 2 aromatic rings. The molecule has 1 aromatic heterocycles. The van der Waals surface area contributed by atoms with Gasteiger partial charge in [-0.15, -0.1) is 0 Å². The van der Waals surface area contributed by atoms with E-state index in [1.54, 1.807) is 24.4 Å². The van der Waals surface area contributed by atoms with Crippen molar-refractivity contribution in [2.24, 2.45) is 0 Å². The molecule has 6 heteroatoms. The van der Waals surface area contributed by atoms with Gasteiger partial charge in [-0.2, -0.15) is 0 Å². The molecule has 114 valence electrons. The zero-order chi connectivity index (χ0) is 15.5. The molecule has 1 fully saturated rings. The van der Waals surface area contributed by atoms with Crippen LogP contribution >= 0.6 is 11.6 Å². The summed E-state index contributed by atoms with van der Waals surface area (Å²) >= 11 is 5.97. The minimum Gasteiger partial charge on any atom is -0.341 e. The Kier molecular flexibility index (Phi) is 4.24. The minimum atomic E-state index is -0.256. The Morgan fingerprint density at radius 2 is 2.05 bits per heavy atom. The van der Waals surface area contributed by atoms with E-state index in [1.807, 2.05) is 13.0 Å². The molecule has 0 spiro atoms. The summed E-state index contributed by atoms with van der Waals surface area (Å²) in [5.74, 6) is 0.362. The van der Waals surface area contributed by atoms with Crippen LogP contribution in [0.5, 0.6) is 0 Å². The van der Waals surface area contributed by atoms with Gasteiger partial charge in [0.25, 0.3) is 5.91 Å². The number of carbonyl (C=O) groups excluding carboxylic acids is 1. The van der Waals surface area contributed by atoms with Crippen molar-refractivity contribution in [3.05, 3.63) is 46.7 Å². The number of amides is 1. The zero-order valence-electron chi connectivity index (χ0n) is 12.3. The number of aromatic nitrogens is 2. The summed E-state index contributed by atoms with van der Waals surface area (Å²) in [6.45, 7) is 3.80. The van der Waals surface area contributed by atoms with Crippen LogP contribution in [-0.2, 0) is 0 Å². The maximum Gasteiger partial charge on any atom is 0.274 e. The van der Waals surface area contributed by atoms with Crippen molar-refractivity contribution >= 4 is 29.1 Å². The largest absolute Gasteiger partial charge is 0.341 e. The van der Waals surface area contributed by atoms with Gasteiger partial charge in [-0.05, 0) is 43.5 Å². The van der Waals surface area contributed by atoms with Crippen molar-refractivity contribution in [3.8, 4) is 0 Å². The molecule has 1 aliphatic rings.